The van der Waals surface area contributed by atoms with Crippen molar-refractivity contribution in [3.05, 3.63) is 17.7 Å². The van der Waals surface area contributed by atoms with E-state index >= 15 is 0 Å². The third kappa shape index (κ3) is 2.92. The summed E-state index contributed by atoms with van der Waals surface area (Å²) in [5, 5.41) is 0. The van der Waals surface area contributed by atoms with Crippen molar-refractivity contribution in [3.8, 4) is 0 Å². The number of hydrogen-bond donors (Lipinski definition) is 1. The molecular formula is C12H21N3O2S. The van der Waals surface area contributed by atoms with E-state index in [9.17, 15) is 8.42 Å². The van der Waals surface area contributed by atoms with E-state index < -0.39 is 10.0 Å². The molecule has 1 unspecified atom stereocenters. The summed E-state index contributed by atoms with van der Waals surface area (Å²) in [4.78, 5) is 7.54. The smallest absolute Gasteiger partial charge is 0.214 e. The summed E-state index contributed by atoms with van der Waals surface area (Å²) in [6.45, 7) is 5.08. The molecule has 0 aliphatic carbocycles. The third-order valence-corrected chi connectivity index (χ3v) is 5.39. The summed E-state index contributed by atoms with van der Waals surface area (Å²) in [5.74, 6) is 1.37. The van der Waals surface area contributed by atoms with Gasteiger partial charge in [-0.15, -0.1) is 0 Å². The van der Waals surface area contributed by atoms with Crippen molar-refractivity contribution >= 4 is 10.0 Å². The predicted molar refractivity (Wildman–Crippen MR) is 71.0 cm³/mol. The molecule has 2 heterocycles. The van der Waals surface area contributed by atoms with Gasteiger partial charge in [-0.2, -0.15) is 0 Å². The average molecular weight is 271 g/mol. The molecule has 1 fully saturated rings. The lowest BCUT2D eigenvalue weighted by molar-refractivity contribution is 0.310. The zero-order chi connectivity index (χ0) is 13.2. The number of sulfonamides is 1. The topological polar surface area (TPSA) is 66.1 Å². The third-order valence-electron chi connectivity index (χ3n) is 3.35. The van der Waals surface area contributed by atoms with E-state index in [4.69, 9.17) is 0 Å². The number of hydrogen-bond acceptors (Lipinski definition) is 3. The minimum atomic E-state index is -3.08. The average Bonchev–Trinajstić information content (AvgIpc) is 2.76. The van der Waals surface area contributed by atoms with Gasteiger partial charge in [0.1, 0.15) is 5.82 Å². The maximum atomic E-state index is 12.1. The Labute approximate surface area is 109 Å². The molecule has 5 nitrogen and oxygen atoms in total. The molecule has 1 aromatic heterocycles. The van der Waals surface area contributed by atoms with Crippen LogP contribution >= 0.6 is 0 Å². The molecule has 0 amide bonds. The van der Waals surface area contributed by atoms with Crippen LogP contribution in [-0.4, -0.2) is 41.5 Å². The molecule has 18 heavy (non-hydrogen) atoms. The first-order chi connectivity index (χ1) is 8.53. The quantitative estimate of drug-likeness (QED) is 0.905. The standard InChI is InChI=1S/C12H21N3O2S/c1-3-7-18(16,17)15-6-4-5-11(9-15)12-13-8-10(2)14-12/h8,11H,3-7,9H2,1-2H3,(H,13,14). The fourth-order valence-corrected chi connectivity index (χ4v) is 4.03. The summed E-state index contributed by atoms with van der Waals surface area (Å²) in [7, 11) is -3.08. The molecule has 1 aromatic rings. The number of aromatic amines is 1. The summed E-state index contributed by atoms with van der Waals surface area (Å²) in [6, 6.07) is 0. The van der Waals surface area contributed by atoms with Crippen LogP contribution in [0.2, 0.25) is 0 Å². The number of nitrogens with one attached hydrogen (secondary N) is 1. The Morgan fingerprint density at radius 1 is 1.56 bits per heavy atom. The van der Waals surface area contributed by atoms with Crippen LogP contribution in [0.15, 0.2) is 6.20 Å². The molecule has 102 valence electrons. The lowest BCUT2D eigenvalue weighted by atomic mass is 9.99. The van der Waals surface area contributed by atoms with Crippen LogP contribution < -0.4 is 0 Å². The van der Waals surface area contributed by atoms with Crippen LogP contribution in [0.3, 0.4) is 0 Å². The Morgan fingerprint density at radius 3 is 2.94 bits per heavy atom. The van der Waals surface area contributed by atoms with Crippen molar-refractivity contribution < 1.29 is 8.42 Å². The summed E-state index contributed by atoms with van der Waals surface area (Å²) >= 11 is 0. The van der Waals surface area contributed by atoms with E-state index in [0.717, 1.165) is 24.4 Å². The zero-order valence-electron chi connectivity index (χ0n) is 11.0. The lowest BCUT2D eigenvalue weighted by Crippen LogP contribution is -2.40. The van der Waals surface area contributed by atoms with Gasteiger partial charge in [0.05, 0.1) is 5.75 Å². The van der Waals surface area contributed by atoms with E-state index in [1.165, 1.54) is 0 Å². The van der Waals surface area contributed by atoms with Gasteiger partial charge in [-0.1, -0.05) is 6.92 Å². The molecule has 1 saturated heterocycles. The Balaban J connectivity index is 2.09. The number of imidazole rings is 1. The van der Waals surface area contributed by atoms with E-state index in [2.05, 4.69) is 9.97 Å². The van der Waals surface area contributed by atoms with Crippen LogP contribution in [-0.2, 0) is 10.0 Å². The van der Waals surface area contributed by atoms with Crippen LogP contribution in [0.5, 0.6) is 0 Å². The minimum Gasteiger partial charge on any atom is -0.346 e. The highest BCUT2D eigenvalue weighted by Gasteiger charge is 2.30. The van der Waals surface area contributed by atoms with Crippen molar-refractivity contribution in [2.45, 2.75) is 39.0 Å². The first-order valence-corrected chi connectivity index (χ1v) is 8.13. The van der Waals surface area contributed by atoms with Crippen LogP contribution in [0.1, 0.15) is 43.6 Å². The number of aryl methyl sites for hydroxylation is 1. The highest BCUT2D eigenvalue weighted by atomic mass is 32.2. The van der Waals surface area contributed by atoms with Crippen molar-refractivity contribution in [2.75, 3.05) is 18.8 Å². The lowest BCUT2D eigenvalue weighted by Gasteiger charge is -2.30. The van der Waals surface area contributed by atoms with Gasteiger partial charge in [0.25, 0.3) is 0 Å². The minimum absolute atomic E-state index is 0.207. The van der Waals surface area contributed by atoms with Gasteiger partial charge in [-0.25, -0.2) is 17.7 Å². The monoisotopic (exact) mass is 271 g/mol. The van der Waals surface area contributed by atoms with Crippen molar-refractivity contribution in [2.24, 2.45) is 0 Å². The Kier molecular flexibility index (Phi) is 4.07. The molecule has 1 aliphatic rings. The van der Waals surface area contributed by atoms with Gasteiger partial charge < -0.3 is 4.98 Å². The van der Waals surface area contributed by atoms with Gasteiger partial charge in [0.2, 0.25) is 10.0 Å². The highest BCUT2D eigenvalue weighted by molar-refractivity contribution is 7.89. The molecule has 2 rings (SSSR count). The van der Waals surface area contributed by atoms with E-state index in [0.29, 0.717) is 19.5 Å². The molecular weight excluding hydrogens is 250 g/mol. The number of nitrogens with zero attached hydrogens (tertiary/aromatic N) is 2. The first kappa shape index (κ1) is 13.5. The van der Waals surface area contributed by atoms with Crippen molar-refractivity contribution in [1.29, 1.82) is 0 Å². The van der Waals surface area contributed by atoms with E-state index in [-0.39, 0.29) is 11.7 Å². The Morgan fingerprint density at radius 2 is 2.33 bits per heavy atom. The Bertz CT molecular complexity index is 495. The fourth-order valence-electron chi connectivity index (χ4n) is 2.45. The normalized spacial score (nSPS) is 22.2. The second-order valence-electron chi connectivity index (χ2n) is 4.96. The van der Waals surface area contributed by atoms with Crippen molar-refractivity contribution in [3.63, 3.8) is 0 Å². The zero-order valence-corrected chi connectivity index (χ0v) is 11.8. The van der Waals surface area contributed by atoms with Gasteiger partial charge in [0, 0.05) is 30.9 Å². The Hall–Kier alpha value is -0.880. The molecule has 6 heteroatoms. The van der Waals surface area contributed by atoms with E-state index in [1.807, 2.05) is 13.8 Å². The molecule has 0 aromatic carbocycles. The summed E-state index contributed by atoms with van der Waals surface area (Å²) in [5.41, 5.74) is 1.03. The maximum Gasteiger partial charge on any atom is 0.214 e. The molecule has 0 radical (unpaired) electrons. The molecule has 0 saturated carbocycles. The fraction of sp³-hybridized carbons (Fsp3) is 0.750. The largest absolute Gasteiger partial charge is 0.346 e. The predicted octanol–water partition coefficient (Wildman–Crippen LogP) is 1.64. The highest BCUT2D eigenvalue weighted by Crippen LogP contribution is 2.26. The number of piperidine rings is 1. The van der Waals surface area contributed by atoms with Crippen LogP contribution in [0.4, 0.5) is 0 Å². The molecule has 1 N–H and O–H groups in total. The SMILES string of the molecule is CCCS(=O)(=O)N1CCCC(c2ncc(C)[nH]2)C1. The van der Waals surface area contributed by atoms with Gasteiger partial charge in [-0.05, 0) is 26.2 Å². The number of H-pyrrole nitrogens is 1. The van der Waals surface area contributed by atoms with Crippen molar-refractivity contribution in [1.82, 2.24) is 14.3 Å². The van der Waals surface area contributed by atoms with E-state index in [1.54, 1.807) is 10.5 Å². The molecule has 1 atom stereocenters. The summed E-state index contributed by atoms with van der Waals surface area (Å²) in [6.07, 6.45) is 4.39. The molecule has 0 spiro atoms. The molecule has 0 bridgehead atoms. The molecule has 1 aliphatic heterocycles. The first-order valence-electron chi connectivity index (χ1n) is 6.52. The second kappa shape index (κ2) is 5.40. The second-order valence-corrected chi connectivity index (χ2v) is 7.05. The number of rotatable bonds is 4. The van der Waals surface area contributed by atoms with Gasteiger partial charge >= 0.3 is 0 Å². The van der Waals surface area contributed by atoms with Crippen LogP contribution in [0.25, 0.3) is 0 Å². The van der Waals surface area contributed by atoms with Gasteiger partial charge in [0.15, 0.2) is 0 Å². The maximum absolute atomic E-state index is 12.1. The van der Waals surface area contributed by atoms with Crippen LogP contribution in [0, 0.1) is 6.92 Å². The summed E-state index contributed by atoms with van der Waals surface area (Å²) < 4.78 is 25.8. The number of aromatic nitrogens is 2. The van der Waals surface area contributed by atoms with Gasteiger partial charge in [-0.3, -0.25) is 0 Å².